The third-order valence-corrected chi connectivity index (χ3v) is 5.03. The van der Waals surface area contributed by atoms with Gasteiger partial charge < -0.3 is 10.6 Å². The van der Waals surface area contributed by atoms with Crippen LogP contribution in [0.15, 0.2) is 51.7 Å². The minimum absolute atomic E-state index is 0.181. The van der Waals surface area contributed by atoms with Crippen LogP contribution >= 0.6 is 15.9 Å². The van der Waals surface area contributed by atoms with E-state index < -0.39 is 0 Å². The number of halogens is 1. The third kappa shape index (κ3) is 3.93. The summed E-state index contributed by atoms with van der Waals surface area (Å²) < 4.78 is 0.869. The molecule has 4 rings (SSSR count). The molecule has 1 aromatic heterocycles. The van der Waals surface area contributed by atoms with E-state index >= 15 is 0 Å². The number of aromatic amines is 1. The fourth-order valence-corrected chi connectivity index (χ4v) is 3.17. The van der Waals surface area contributed by atoms with Gasteiger partial charge in [0.1, 0.15) is 5.82 Å². The maximum Gasteiger partial charge on any atom is 0.175 e. The molecule has 2 aromatic rings. The van der Waals surface area contributed by atoms with Crippen LogP contribution in [0.3, 0.4) is 0 Å². The van der Waals surface area contributed by atoms with Gasteiger partial charge in [-0.05, 0) is 41.3 Å². The van der Waals surface area contributed by atoms with Crippen LogP contribution in [0, 0.1) is 0 Å². The molecule has 130 valence electrons. The molecule has 0 amide bonds. The highest BCUT2D eigenvalue weighted by Gasteiger charge is 2.26. The van der Waals surface area contributed by atoms with Crippen molar-refractivity contribution in [3.8, 4) is 0 Å². The number of H-pyrrole nitrogens is 1. The van der Waals surface area contributed by atoms with Crippen molar-refractivity contribution in [2.75, 3.05) is 5.32 Å². The van der Waals surface area contributed by atoms with Crippen molar-refractivity contribution in [1.29, 1.82) is 0 Å². The van der Waals surface area contributed by atoms with E-state index in [2.05, 4.69) is 72.2 Å². The molecule has 0 saturated heterocycles. The van der Waals surface area contributed by atoms with Crippen molar-refractivity contribution >= 4 is 28.0 Å². The summed E-state index contributed by atoms with van der Waals surface area (Å²) in [6.45, 7) is 2.13. The largest absolute Gasteiger partial charge is 0.337 e. The van der Waals surface area contributed by atoms with Gasteiger partial charge in [0.05, 0.1) is 4.48 Å². The Labute approximate surface area is 155 Å². The first kappa shape index (κ1) is 16.4. The zero-order chi connectivity index (χ0) is 17.2. The summed E-state index contributed by atoms with van der Waals surface area (Å²) >= 11 is 3.54. The van der Waals surface area contributed by atoms with E-state index in [4.69, 9.17) is 0 Å². The average Bonchev–Trinajstić information content (AvgIpc) is 3.38. The molecular formula is C18H21BrN6. The number of nitrogens with zero attached hydrogens (tertiary/aromatic N) is 2. The Hall–Kier alpha value is -2.12. The minimum atomic E-state index is -0.208. The summed E-state index contributed by atoms with van der Waals surface area (Å²) in [5.74, 6) is 2.32. The number of rotatable bonds is 6. The van der Waals surface area contributed by atoms with Crippen LogP contribution in [0.1, 0.15) is 43.0 Å². The number of allylic oxidation sites excluding steroid dienone is 1. The lowest BCUT2D eigenvalue weighted by atomic mass is 10.1. The SMILES string of the molecule is C[C@H](NC1N=CC(Br)=C(Nc2cc(C3CC3)[nH]n2)N1)c1ccccc1. The Balaban J connectivity index is 1.40. The summed E-state index contributed by atoms with van der Waals surface area (Å²) in [4.78, 5) is 4.49. The van der Waals surface area contributed by atoms with Gasteiger partial charge in [-0.1, -0.05) is 30.3 Å². The quantitative estimate of drug-likeness (QED) is 0.597. The highest BCUT2D eigenvalue weighted by molar-refractivity contribution is 9.12. The molecule has 2 atom stereocenters. The van der Waals surface area contributed by atoms with E-state index in [0.717, 1.165) is 16.1 Å². The van der Waals surface area contributed by atoms with Gasteiger partial charge in [-0.2, -0.15) is 5.10 Å². The van der Waals surface area contributed by atoms with E-state index in [1.807, 2.05) is 24.4 Å². The summed E-state index contributed by atoms with van der Waals surface area (Å²) in [7, 11) is 0. The fraction of sp³-hybridized carbons (Fsp3) is 0.333. The molecule has 2 aliphatic rings. The predicted molar refractivity (Wildman–Crippen MR) is 104 cm³/mol. The lowest BCUT2D eigenvalue weighted by molar-refractivity contribution is 0.423. The van der Waals surface area contributed by atoms with Gasteiger partial charge in [0.2, 0.25) is 0 Å². The second-order valence-electron chi connectivity index (χ2n) is 6.45. The lowest BCUT2D eigenvalue weighted by Crippen LogP contribution is -2.45. The topological polar surface area (TPSA) is 77.1 Å². The molecule has 1 saturated carbocycles. The minimum Gasteiger partial charge on any atom is -0.337 e. The van der Waals surface area contributed by atoms with Crippen molar-refractivity contribution in [3.63, 3.8) is 0 Å². The van der Waals surface area contributed by atoms with E-state index in [-0.39, 0.29) is 12.3 Å². The first-order valence-corrected chi connectivity index (χ1v) is 9.31. The Morgan fingerprint density at radius 1 is 1.24 bits per heavy atom. The van der Waals surface area contributed by atoms with Crippen LogP contribution < -0.4 is 16.0 Å². The third-order valence-electron chi connectivity index (χ3n) is 4.43. The lowest BCUT2D eigenvalue weighted by Gasteiger charge is -2.26. The first-order chi connectivity index (χ1) is 12.2. The molecule has 0 spiro atoms. The van der Waals surface area contributed by atoms with Gasteiger partial charge in [0, 0.05) is 29.9 Å². The molecule has 1 aliphatic carbocycles. The maximum atomic E-state index is 4.49. The molecule has 2 heterocycles. The molecule has 0 radical (unpaired) electrons. The Kier molecular flexibility index (Phi) is 4.59. The van der Waals surface area contributed by atoms with Crippen molar-refractivity contribution in [2.45, 2.75) is 38.0 Å². The number of hydrogen-bond donors (Lipinski definition) is 4. The molecule has 7 heteroatoms. The van der Waals surface area contributed by atoms with Crippen LogP contribution in [0.5, 0.6) is 0 Å². The molecule has 1 unspecified atom stereocenters. The average molecular weight is 401 g/mol. The number of nitrogens with one attached hydrogen (secondary N) is 4. The van der Waals surface area contributed by atoms with Crippen LogP contribution in [0.25, 0.3) is 0 Å². The van der Waals surface area contributed by atoms with Crippen molar-refractivity contribution in [1.82, 2.24) is 20.8 Å². The number of benzene rings is 1. The second-order valence-corrected chi connectivity index (χ2v) is 7.31. The highest BCUT2D eigenvalue weighted by atomic mass is 79.9. The van der Waals surface area contributed by atoms with E-state index in [9.17, 15) is 0 Å². The van der Waals surface area contributed by atoms with E-state index in [1.54, 1.807) is 0 Å². The Bertz CT molecular complexity index is 793. The molecule has 1 aromatic carbocycles. The number of hydrogen-bond acceptors (Lipinski definition) is 5. The molecular weight excluding hydrogens is 380 g/mol. The van der Waals surface area contributed by atoms with Crippen molar-refractivity contribution in [3.05, 3.63) is 58.0 Å². The second kappa shape index (κ2) is 7.01. The normalized spacial score (nSPS) is 21.1. The first-order valence-electron chi connectivity index (χ1n) is 8.52. The Morgan fingerprint density at radius 3 is 2.80 bits per heavy atom. The van der Waals surface area contributed by atoms with Gasteiger partial charge in [0.25, 0.3) is 0 Å². The zero-order valence-electron chi connectivity index (χ0n) is 14.0. The van der Waals surface area contributed by atoms with E-state index in [1.165, 1.54) is 24.1 Å². The molecule has 4 N–H and O–H groups in total. The summed E-state index contributed by atoms with van der Waals surface area (Å²) in [5, 5.41) is 17.6. The van der Waals surface area contributed by atoms with Crippen molar-refractivity contribution < 1.29 is 0 Å². The van der Waals surface area contributed by atoms with Gasteiger partial charge in [-0.15, -0.1) is 0 Å². The fourth-order valence-electron chi connectivity index (χ4n) is 2.83. The van der Waals surface area contributed by atoms with Crippen LogP contribution in [0.2, 0.25) is 0 Å². The standard InChI is InChI=1S/C18H21BrN6/c1-11(12-5-3-2-4-6-12)21-18-20-10-14(19)17(23-18)22-16-9-15(24-25-16)13-7-8-13/h2-6,9-11,13,18,21,23H,7-8H2,1H3,(H2,22,24,25)/t11-,18?/m0/s1. The number of aromatic nitrogens is 2. The molecule has 25 heavy (non-hydrogen) atoms. The predicted octanol–water partition coefficient (Wildman–Crippen LogP) is 3.57. The molecule has 6 nitrogen and oxygen atoms in total. The van der Waals surface area contributed by atoms with Gasteiger partial charge in [-0.25, -0.2) is 0 Å². The highest BCUT2D eigenvalue weighted by Crippen LogP contribution is 2.39. The molecule has 1 aliphatic heterocycles. The van der Waals surface area contributed by atoms with Gasteiger partial charge >= 0.3 is 0 Å². The van der Waals surface area contributed by atoms with Gasteiger partial charge in [0.15, 0.2) is 12.1 Å². The zero-order valence-corrected chi connectivity index (χ0v) is 15.5. The Morgan fingerprint density at radius 2 is 2.04 bits per heavy atom. The van der Waals surface area contributed by atoms with Crippen LogP contribution in [-0.2, 0) is 0 Å². The van der Waals surface area contributed by atoms with Crippen LogP contribution in [-0.4, -0.2) is 22.7 Å². The number of anilines is 1. The number of aliphatic imine (C=N–C) groups is 1. The summed E-state index contributed by atoms with van der Waals surface area (Å²) in [6.07, 6.45) is 4.11. The van der Waals surface area contributed by atoms with Gasteiger partial charge in [-0.3, -0.25) is 15.4 Å². The van der Waals surface area contributed by atoms with E-state index in [0.29, 0.717) is 5.92 Å². The maximum absolute atomic E-state index is 4.49. The molecule has 0 bridgehead atoms. The smallest absolute Gasteiger partial charge is 0.175 e. The summed E-state index contributed by atoms with van der Waals surface area (Å²) in [5.41, 5.74) is 2.43. The monoisotopic (exact) mass is 400 g/mol. The summed E-state index contributed by atoms with van der Waals surface area (Å²) in [6, 6.07) is 12.6. The van der Waals surface area contributed by atoms with Crippen molar-refractivity contribution in [2.24, 2.45) is 4.99 Å². The van der Waals surface area contributed by atoms with Crippen LogP contribution in [0.4, 0.5) is 5.82 Å². The molecule has 1 fully saturated rings.